The molecule has 2 atom stereocenters. The maximum atomic E-state index is 12.4. The molecule has 1 aromatic rings. The highest BCUT2D eigenvalue weighted by atomic mass is 28.4. The summed E-state index contributed by atoms with van der Waals surface area (Å²) < 4.78 is 20.5. The van der Waals surface area contributed by atoms with Crippen LogP contribution in [0.5, 0.6) is 0 Å². The van der Waals surface area contributed by atoms with Crippen LogP contribution in [0.2, 0.25) is 0 Å². The molecule has 0 fully saturated rings. The third-order valence-electron chi connectivity index (χ3n) is 4.89. The van der Waals surface area contributed by atoms with Crippen molar-refractivity contribution < 1.29 is 32.1 Å². The van der Waals surface area contributed by atoms with Gasteiger partial charge in [0.2, 0.25) is 5.91 Å². The fraction of sp³-hybridized carbons (Fsp3) is 0.526. The Bertz CT molecular complexity index is 740. The van der Waals surface area contributed by atoms with Crippen molar-refractivity contribution in [3.63, 3.8) is 0 Å². The summed E-state index contributed by atoms with van der Waals surface area (Å²) in [4.78, 5) is 36.2. The largest absolute Gasteiger partial charge is 0.750 e. The van der Waals surface area contributed by atoms with Crippen molar-refractivity contribution >= 4 is 32.4 Å². The van der Waals surface area contributed by atoms with Crippen molar-refractivity contribution in [2.75, 3.05) is 26.6 Å². The monoisotopic (exact) mass is 409 g/mol. The molecule has 2 rings (SSSR count). The molecular formula is C19H27NO7Si. The molecule has 0 aromatic heterocycles. The third-order valence-corrected chi connectivity index (χ3v) is 6.84. The molecule has 0 bridgehead atoms. The number of ketones is 1. The zero-order valence-corrected chi connectivity index (χ0v) is 17.9. The molecule has 0 heterocycles. The molecule has 1 aromatic carbocycles. The van der Waals surface area contributed by atoms with Crippen LogP contribution in [0.4, 0.5) is 5.69 Å². The average molecular weight is 410 g/mol. The Morgan fingerprint density at radius 3 is 2.25 bits per heavy atom. The number of hydrogen-bond donors (Lipinski definition) is 1. The van der Waals surface area contributed by atoms with E-state index in [1.165, 1.54) is 21.3 Å². The standard InChI is InChI=1S/C19H27NO7Si/c1-12(6-7-13(2)19(23)27-28(24-3,25-4)26-5)18(22)20-15-9-8-14-10-17(21)16(14)11-15/h8-9,11-13H,6-7,10H2,1-5H3,(H,20,22). The van der Waals surface area contributed by atoms with Crippen molar-refractivity contribution in [1.29, 1.82) is 0 Å². The van der Waals surface area contributed by atoms with Crippen LogP contribution < -0.4 is 5.32 Å². The molecule has 28 heavy (non-hydrogen) atoms. The summed E-state index contributed by atoms with van der Waals surface area (Å²) in [6, 6.07) is 5.35. The van der Waals surface area contributed by atoms with Crippen LogP contribution >= 0.6 is 0 Å². The number of nitrogens with one attached hydrogen (secondary N) is 1. The smallest absolute Gasteiger partial charge is 0.452 e. The maximum Gasteiger partial charge on any atom is 0.750 e. The normalized spacial score (nSPS) is 15.2. The summed E-state index contributed by atoms with van der Waals surface area (Å²) in [5.41, 5.74) is 2.28. The highest BCUT2D eigenvalue weighted by Gasteiger charge is 2.47. The first-order valence-electron chi connectivity index (χ1n) is 9.10. The number of hydrogen-bond acceptors (Lipinski definition) is 7. The van der Waals surface area contributed by atoms with Gasteiger partial charge in [0, 0.05) is 44.9 Å². The lowest BCUT2D eigenvalue weighted by molar-refractivity contribution is -0.147. The fourth-order valence-corrected chi connectivity index (χ4v) is 4.04. The van der Waals surface area contributed by atoms with Gasteiger partial charge in [0.05, 0.1) is 5.92 Å². The Morgan fingerprint density at radius 1 is 1.07 bits per heavy atom. The van der Waals surface area contributed by atoms with Crippen LogP contribution in [0.3, 0.4) is 0 Å². The van der Waals surface area contributed by atoms with Gasteiger partial charge in [-0.1, -0.05) is 19.9 Å². The number of amides is 1. The summed E-state index contributed by atoms with van der Waals surface area (Å²) in [7, 11) is 0.627. The van der Waals surface area contributed by atoms with Gasteiger partial charge in [-0.15, -0.1) is 0 Å². The molecule has 1 amide bonds. The van der Waals surface area contributed by atoms with Gasteiger partial charge in [-0.05, 0) is 30.5 Å². The van der Waals surface area contributed by atoms with E-state index >= 15 is 0 Å². The molecule has 8 nitrogen and oxygen atoms in total. The van der Waals surface area contributed by atoms with Gasteiger partial charge in [0.15, 0.2) is 5.78 Å². The van der Waals surface area contributed by atoms with E-state index in [0.717, 1.165) is 5.56 Å². The molecule has 1 aliphatic rings. The van der Waals surface area contributed by atoms with E-state index in [9.17, 15) is 14.4 Å². The van der Waals surface area contributed by atoms with E-state index in [1.807, 2.05) is 6.07 Å². The van der Waals surface area contributed by atoms with Gasteiger partial charge in [-0.3, -0.25) is 14.4 Å². The third kappa shape index (κ3) is 5.05. The Balaban J connectivity index is 1.83. The molecule has 0 radical (unpaired) electrons. The van der Waals surface area contributed by atoms with Crippen molar-refractivity contribution in [1.82, 2.24) is 0 Å². The Hall–Kier alpha value is -2.07. The van der Waals surface area contributed by atoms with E-state index in [0.29, 0.717) is 30.5 Å². The molecule has 154 valence electrons. The number of carbonyl (C=O) groups is 3. The van der Waals surface area contributed by atoms with E-state index < -0.39 is 20.9 Å². The minimum atomic E-state index is -3.44. The predicted molar refractivity (Wildman–Crippen MR) is 104 cm³/mol. The molecular weight excluding hydrogens is 382 g/mol. The Morgan fingerprint density at radius 2 is 1.68 bits per heavy atom. The topological polar surface area (TPSA) is 100 Å². The van der Waals surface area contributed by atoms with Crippen LogP contribution in [0.15, 0.2) is 18.2 Å². The second-order valence-corrected chi connectivity index (χ2v) is 9.30. The summed E-state index contributed by atoms with van der Waals surface area (Å²) in [6.07, 6.45) is 1.42. The molecule has 1 N–H and O–H groups in total. The molecule has 1 aliphatic carbocycles. The average Bonchev–Trinajstić information content (AvgIpc) is 2.70. The minimum Gasteiger partial charge on any atom is -0.452 e. The van der Waals surface area contributed by atoms with E-state index in [1.54, 1.807) is 26.0 Å². The first-order valence-corrected chi connectivity index (χ1v) is 10.7. The Labute approximate surface area is 166 Å². The predicted octanol–water partition coefficient (Wildman–Crippen LogP) is 2.33. The van der Waals surface area contributed by atoms with Gasteiger partial charge in [-0.2, -0.15) is 0 Å². The lowest BCUT2D eigenvalue weighted by atomic mass is 9.87. The van der Waals surface area contributed by atoms with Crippen LogP contribution in [-0.4, -0.2) is 48.0 Å². The SMILES string of the molecule is CO[Si](OC)(OC)OC(=O)C(C)CCC(C)C(=O)Nc1ccc2c(c1)C(=O)C2. The number of rotatable bonds is 10. The van der Waals surface area contributed by atoms with E-state index in [-0.39, 0.29) is 17.6 Å². The highest BCUT2D eigenvalue weighted by molar-refractivity contribution is 6.55. The highest BCUT2D eigenvalue weighted by Crippen LogP contribution is 2.26. The second-order valence-electron chi connectivity index (χ2n) is 6.87. The van der Waals surface area contributed by atoms with Crippen LogP contribution in [0.1, 0.15) is 42.6 Å². The van der Waals surface area contributed by atoms with E-state index in [2.05, 4.69) is 5.32 Å². The summed E-state index contributed by atoms with van der Waals surface area (Å²) in [5, 5.41) is 2.82. The lowest BCUT2D eigenvalue weighted by Gasteiger charge is -2.24. The summed E-state index contributed by atoms with van der Waals surface area (Å²) >= 11 is 0. The molecule has 0 saturated heterocycles. The lowest BCUT2D eigenvalue weighted by Crippen LogP contribution is -2.49. The number of fused-ring (bicyclic) bond motifs is 1. The minimum absolute atomic E-state index is 0.0919. The first-order chi connectivity index (χ1) is 13.2. The number of carbonyl (C=O) groups excluding carboxylic acids is 3. The molecule has 0 spiro atoms. The fourth-order valence-electron chi connectivity index (χ4n) is 2.84. The second kappa shape index (κ2) is 9.42. The van der Waals surface area contributed by atoms with Gasteiger partial charge >= 0.3 is 9.05 Å². The van der Waals surface area contributed by atoms with Gasteiger partial charge in [-0.25, -0.2) is 0 Å². The molecule has 2 unspecified atom stereocenters. The van der Waals surface area contributed by atoms with Crippen molar-refractivity contribution in [3.8, 4) is 0 Å². The maximum absolute atomic E-state index is 12.4. The zero-order valence-electron chi connectivity index (χ0n) is 16.9. The van der Waals surface area contributed by atoms with Crippen LogP contribution in [0.25, 0.3) is 0 Å². The molecule has 0 aliphatic heterocycles. The first kappa shape index (κ1) is 22.2. The van der Waals surface area contributed by atoms with Crippen molar-refractivity contribution in [2.24, 2.45) is 11.8 Å². The summed E-state index contributed by atoms with van der Waals surface area (Å²) in [6.45, 7) is 3.51. The van der Waals surface area contributed by atoms with Gasteiger partial charge in [0.1, 0.15) is 0 Å². The van der Waals surface area contributed by atoms with Gasteiger partial charge in [0.25, 0.3) is 5.97 Å². The number of benzene rings is 1. The molecule has 9 heteroatoms. The van der Waals surface area contributed by atoms with E-state index in [4.69, 9.17) is 17.7 Å². The summed E-state index contributed by atoms with van der Waals surface area (Å²) in [5.74, 6) is -1.33. The number of anilines is 1. The van der Waals surface area contributed by atoms with Crippen LogP contribution in [-0.2, 0) is 33.7 Å². The van der Waals surface area contributed by atoms with Crippen molar-refractivity contribution in [2.45, 2.75) is 33.1 Å². The number of Topliss-reactive ketones (excluding diaryl/α,β-unsaturated/α-hetero) is 1. The van der Waals surface area contributed by atoms with Crippen molar-refractivity contribution in [3.05, 3.63) is 29.3 Å². The quantitative estimate of drug-likeness (QED) is 0.592. The van der Waals surface area contributed by atoms with Gasteiger partial charge < -0.3 is 23.0 Å². The zero-order chi connectivity index (χ0) is 20.9. The van der Waals surface area contributed by atoms with Crippen LogP contribution in [0, 0.1) is 11.8 Å². The molecule has 0 saturated carbocycles. The Kier molecular flexibility index (Phi) is 7.47.